The minimum atomic E-state index is -2.83. The Kier molecular flexibility index (Phi) is 5.46. The predicted octanol–water partition coefficient (Wildman–Crippen LogP) is 1.71. The van der Waals surface area contributed by atoms with Gasteiger partial charge in [0.1, 0.15) is 11.5 Å². The predicted molar refractivity (Wildman–Crippen MR) is 84.0 cm³/mol. The minimum absolute atomic E-state index is 0.113. The molecule has 1 atom stereocenters. The third-order valence-corrected chi connectivity index (χ3v) is 5.80. The van der Waals surface area contributed by atoms with E-state index in [1.807, 2.05) is 14.0 Å². The van der Waals surface area contributed by atoms with Crippen molar-refractivity contribution in [2.45, 2.75) is 45.8 Å². The second kappa shape index (κ2) is 6.94. The van der Waals surface area contributed by atoms with Gasteiger partial charge < -0.3 is 9.73 Å². The first kappa shape index (κ1) is 16.5. The summed E-state index contributed by atoms with van der Waals surface area (Å²) in [5.74, 6) is 2.44. The topological polar surface area (TPSA) is 62.6 Å². The molecular formula is C15H26N2O3S. The monoisotopic (exact) mass is 314 g/mol. The molecule has 1 unspecified atom stereocenters. The summed E-state index contributed by atoms with van der Waals surface area (Å²) in [6, 6.07) is 2.19. The van der Waals surface area contributed by atoms with Gasteiger partial charge in [-0.3, -0.25) is 4.90 Å². The van der Waals surface area contributed by atoms with Crippen molar-refractivity contribution in [3.05, 3.63) is 23.2 Å². The molecule has 1 aliphatic heterocycles. The van der Waals surface area contributed by atoms with Crippen molar-refractivity contribution < 1.29 is 12.8 Å². The molecule has 0 radical (unpaired) electrons. The number of hydrogen-bond donors (Lipinski definition) is 1. The van der Waals surface area contributed by atoms with Gasteiger partial charge in [-0.15, -0.1) is 0 Å². The highest BCUT2D eigenvalue weighted by Crippen LogP contribution is 2.21. The van der Waals surface area contributed by atoms with Gasteiger partial charge in [0.15, 0.2) is 9.84 Å². The fourth-order valence-electron chi connectivity index (χ4n) is 2.74. The van der Waals surface area contributed by atoms with Gasteiger partial charge in [-0.25, -0.2) is 8.42 Å². The maximum Gasteiger partial charge on any atom is 0.151 e. The van der Waals surface area contributed by atoms with Crippen LogP contribution in [0, 0.1) is 6.92 Å². The van der Waals surface area contributed by atoms with Crippen molar-refractivity contribution in [1.29, 1.82) is 0 Å². The summed E-state index contributed by atoms with van der Waals surface area (Å²) in [7, 11) is -0.862. The molecule has 0 spiro atoms. The van der Waals surface area contributed by atoms with Gasteiger partial charge in [0, 0.05) is 18.2 Å². The molecule has 0 aromatic carbocycles. The van der Waals surface area contributed by atoms with E-state index in [1.54, 1.807) is 0 Å². The van der Waals surface area contributed by atoms with Crippen molar-refractivity contribution in [2.24, 2.45) is 0 Å². The third kappa shape index (κ3) is 4.56. The van der Waals surface area contributed by atoms with Crippen molar-refractivity contribution in [2.75, 3.05) is 25.1 Å². The van der Waals surface area contributed by atoms with Crippen LogP contribution in [-0.2, 0) is 22.9 Å². The summed E-state index contributed by atoms with van der Waals surface area (Å²) in [5.41, 5.74) is 1.19. The average Bonchev–Trinajstić information content (AvgIpc) is 2.93. The first-order valence-corrected chi connectivity index (χ1v) is 9.43. The summed E-state index contributed by atoms with van der Waals surface area (Å²) in [6.07, 6.45) is 1.84. The van der Waals surface area contributed by atoms with E-state index < -0.39 is 9.84 Å². The lowest BCUT2D eigenvalue weighted by Gasteiger charge is -2.21. The minimum Gasteiger partial charge on any atom is -0.465 e. The van der Waals surface area contributed by atoms with Crippen LogP contribution in [0.4, 0.5) is 0 Å². The maximum atomic E-state index is 11.5. The Morgan fingerprint density at radius 2 is 2.24 bits per heavy atom. The van der Waals surface area contributed by atoms with E-state index in [1.165, 1.54) is 5.56 Å². The molecule has 21 heavy (non-hydrogen) atoms. The van der Waals surface area contributed by atoms with Crippen molar-refractivity contribution in [3.63, 3.8) is 0 Å². The Bertz CT molecular complexity index is 565. The van der Waals surface area contributed by atoms with Crippen LogP contribution in [0.1, 0.15) is 36.8 Å². The summed E-state index contributed by atoms with van der Waals surface area (Å²) in [5, 5.41) is 3.37. The molecule has 5 nitrogen and oxygen atoms in total. The molecule has 0 amide bonds. The largest absolute Gasteiger partial charge is 0.465 e. The Labute approximate surface area is 127 Å². The van der Waals surface area contributed by atoms with Crippen molar-refractivity contribution >= 4 is 9.84 Å². The van der Waals surface area contributed by atoms with Gasteiger partial charge in [0.2, 0.25) is 0 Å². The first-order valence-electron chi connectivity index (χ1n) is 7.61. The maximum absolute atomic E-state index is 11.5. The van der Waals surface area contributed by atoms with Gasteiger partial charge in [-0.1, -0.05) is 6.92 Å². The fraction of sp³-hybridized carbons (Fsp3) is 0.733. The molecule has 1 aliphatic rings. The molecule has 1 saturated heterocycles. The lowest BCUT2D eigenvalue weighted by Crippen LogP contribution is -2.31. The van der Waals surface area contributed by atoms with E-state index in [0.717, 1.165) is 37.5 Å². The van der Waals surface area contributed by atoms with E-state index in [0.29, 0.717) is 12.3 Å². The van der Waals surface area contributed by atoms with Crippen LogP contribution < -0.4 is 5.32 Å². The number of nitrogens with zero attached hydrogens (tertiary/aromatic N) is 1. The highest BCUT2D eigenvalue weighted by molar-refractivity contribution is 7.91. The highest BCUT2D eigenvalue weighted by Gasteiger charge is 2.30. The molecular weight excluding hydrogens is 288 g/mol. The smallest absolute Gasteiger partial charge is 0.151 e. The van der Waals surface area contributed by atoms with Crippen molar-refractivity contribution in [3.8, 4) is 0 Å². The third-order valence-electron chi connectivity index (χ3n) is 4.05. The van der Waals surface area contributed by atoms with Crippen LogP contribution in [0.25, 0.3) is 0 Å². The normalized spacial score (nSPS) is 21.2. The lowest BCUT2D eigenvalue weighted by atomic mass is 10.2. The first-order chi connectivity index (χ1) is 9.91. The average molecular weight is 314 g/mol. The molecule has 2 rings (SSSR count). The van der Waals surface area contributed by atoms with E-state index in [2.05, 4.69) is 23.2 Å². The second-order valence-electron chi connectivity index (χ2n) is 5.94. The molecule has 0 aliphatic carbocycles. The number of sulfone groups is 1. The number of rotatable bonds is 7. The molecule has 1 aromatic heterocycles. The summed E-state index contributed by atoms with van der Waals surface area (Å²) in [4.78, 5) is 2.09. The van der Waals surface area contributed by atoms with Crippen LogP contribution in [-0.4, -0.2) is 44.5 Å². The van der Waals surface area contributed by atoms with Crippen LogP contribution >= 0.6 is 0 Å². The van der Waals surface area contributed by atoms with E-state index >= 15 is 0 Å². The van der Waals surface area contributed by atoms with Crippen LogP contribution in [0.2, 0.25) is 0 Å². The van der Waals surface area contributed by atoms with E-state index in [-0.39, 0.29) is 11.8 Å². The highest BCUT2D eigenvalue weighted by atomic mass is 32.2. The molecule has 1 N–H and O–H groups in total. The molecule has 0 bridgehead atoms. The van der Waals surface area contributed by atoms with Gasteiger partial charge in [-0.05, 0) is 39.4 Å². The molecule has 0 saturated carbocycles. The molecule has 2 heterocycles. The van der Waals surface area contributed by atoms with E-state index in [9.17, 15) is 8.42 Å². The van der Waals surface area contributed by atoms with Crippen LogP contribution in [0.15, 0.2) is 10.5 Å². The van der Waals surface area contributed by atoms with Crippen LogP contribution in [0.3, 0.4) is 0 Å². The molecule has 6 heteroatoms. The number of aryl methyl sites for hydroxylation is 1. The van der Waals surface area contributed by atoms with Crippen LogP contribution in [0.5, 0.6) is 0 Å². The Balaban J connectivity index is 1.92. The molecule has 120 valence electrons. The zero-order chi connectivity index (χ0) is 15.5. The Hall–Kier alpha value is -0.850. The van der Waals surface area contributed by atoms with Gasteiger partial charge in [0.25, 0.3) is 0 Å². The molecule has 1 aromatic rings. The Morgan fingerprint density at radius 1 is 1.48 bits per heavy atom. The summed E-state index contributed by atoms with van der Waals surface area (Å²) < 4.78 is 28.9. The van der Waals surface area contributed by atoms with E-state index in [4.69, 9.17) is 4.42 Å². The zero-order valence-electron chi connectivity index (χ0n) is 13.2. The summed E-state index contributed by atoms with van der Waals surface area (Å²) in [6.45, 7) is 6.61. The number of furan rings is 1. The quantitative estimate of drug-likeness (QED) is 0.776. The van der Waals surface area contributed by atoms with Crippen molar-refractivity contribution in [1.82, 2.24) is 10.2 Å². The van der Waals surface area contributed by atoms with Gasteiger partial charge >= 0.3 is 0 Å². The molecule has 1 fully saturated rings. The number of nitrogens with one attached hydrogen (secondary N) is 1. The number of hydrogen-bond acceptors (Lipinski definition) is 5. The SMILES string of the molecule is CCCNCc1cc(CN(C)C2CCS(=O)(=O)C2)oc1C. The van der Waals surface area contributed by atoms with Gasteiger partial charge in [-0.2, -0.15) is 0 Å². The zero-order valence-corrected chi connectivity index (χ0v) is 14.0. The lowest BCUT2D eigenvalue weighted by molar-refractivity contribution is 0.232. The fourth-order valence-corrected chi connectivity index (χ4v) is 4.54. The summed E-state index contributed by atoms with van der Waals surface area (Å²) >= 11 is 0. The second-order valence-corrected chi connectivity index (χ2v) is 8.17. The standard InChI is InChI=1S/C15H26N2O3S/c1-4-6-16-9-13-8-15(20-12(13)2)10-17(3)14-5-7-21(18,19)11-14/h8,14,16H,4-7,9-11H2,1-3H3. The van der Waals surface area contributed by atoms with Gasteiger partial charge in [0.05, 0.1) is 18.1 Å². The Morgan fingerprint density at radius 3 is 2.86 bits per heavy atom.